The summed E-state index contributed by atoms with van der Waals surface area (Å²) in [6.07, 6.45) is 0.888. The third kappa shape index (κ3) is 3.70. The molecular formula is C19H22N3O3+. The number of nitrogens with one attached hydrogen (secondary N) is 1. The number of imidazole rings is 1. The smallest absolute Gasteiger partial charge is 0.262 e. The molecular weight excluding hydrogens is 318 g/mol. The lowest BCUT2D eigenvalue weighted by Gasteiger charge is -2.22. The van der Waals surface area contributed by atoms with Gasteiger partial charge in [0.15, 0.2) is 17.6 Å². The predicted molar refractivity (Wildman–Crippen MR) is 93.5 cm³/mol. The van der Waals surface area contributed by atoms with Crippen molar-refractivity contribution in [1.29, 1.82) is 0 Å². The first-order valence-electron chi connectivity index (χ1n) is 8.17. The van der Waals surface area contributed by atoms with E-state index in [1.165, 1.54) is 0 Å². The first kappa shape index (κ1) is 17.1. The van der Waals surface area contributed by atoms with Crippen LogP contribution in [-0.4, -0.2) is 33.3 Å². The minimum atomic E-state index is -0.965. The Hall–Kier alpha value is -2.70. The maximum atomic E-state index is 12.4. The molecule has 0 radical (unpaired) electrons. The van der Waals surface area contributed by atoms with Crippen molar-refractivity contribution in [3.63, 3.8) is 0 Å². The van der Waals surface area contributed by atoms with Crippen molar-refractivity contribution in [2.24, 2.45) is 7.05 Å². The van der Waals surface area contributed by atoms with Crippen LogP contribution in [0.5, 0.6) is 0 Å². The Bertz CT molecular complexity index is 861. The van der Waals surface area contributed by atoms with Crippen LogP contribution in [0.25, 0.3) is 11.0 Å². The van der Waals surface area contributed by atoms with Gasteiger partial charge in [-0.1, -0.05) is 42.5 Å². The molecule has 0 aliphatic rings. The molecule has 6 heteroatoms. The highest BCUT2D eigenvalue weighted by Gasteiger charge is 2.23. The molecule has 3 N–H and O–H groups in total. The largest absolute Gasteiger partial charge is 0.394 e. The first-order valence-corrected chi connectivity index (χ1v) is 8.17. The van der Waals surface area contributed by atoms with Crippen molar-refractivity contribution in [2.45, 2.75) is 18.7 Å². The van der Waals surface area contributed by atoms with Crippen LogP contribution in [0.15, 0.2) is 60.9 Å². The molecule has 0 bridgehead atoms. The molecule has 3 rings (SSSR count). The minimum Gasteiger partial charge on any atom is -0.394 e. The molecule has 0 saturated carbocycles. The summed E-state index contributed by atoms with van der Waals surface area (Å²) in [5.74, 6) is -0.268. The molecule has 0 spiro atoms. The standard InChI is InChI=1S/C19H21N3O3/c1-21-13-22(17-10-6-5-9-16(17)21)11-18(24)20-15(12-23)19(25)14-7-3-2-4-8-14/h2-10,13,15,19,23,25H,11-12H2,1H3/p+1/t15-,19?/m1/s1. The van der Waals surface area contributed by atoms with Crippen LogP contribution >= 0.6 is 0 Å². The number of para-hydroxylation sites is 2. The van der Waals surface area contributed by atoms with Crippen LogP contribution in [0.3, 0.4) is 0 Å². The number of aliphatic hydroxyl groups is 2. The van der Waals surface area contributed by atoms with Gasteiger partial charge in [-0.25, -0.2) is 9.13 Å². The summed E-state index contributed by atoms with van der Waals surface area (Å²) in [5.41, 5.74) is 2.63. The SMILES string of the molecule is C[n+]1cn(CC(=O)N[C@H](CO)C(O)c2ccccc2)c2ccccc21. The van der Waals surface area contributed by atoms with Crippen molar-refractivity contribution in [1.82, 2.24) is 9.88 Å². The summed E-state index contributed by atoms with van der Waals surface area (Å²) < 4.78 is 3.79. The second-order valence-electron chi connectivity index (χ2n) is 6.06. The highest BCUT2D eigenvalue weighted by molar-refractivity contribution is 5.79. The number of benzene rings is 2. The maximum Gasteiger partial charge on any atom is 0.262 e. The quantitative estimate of drug-likeness (QED) is 0.578. The Labute approximate surface area is 146 Å². The molecule has 25 heavy (non-hydrogen) atoms. The van der Waals surface area contributed by atoms with E-state index in [4.69, 9.17) is 0 Å². The summed E-state index contributed by atoms with van der Waals surface area (Å²) in [6.45, 7) is -0.235. The van der Waals surface area contributed by atoms with Crippen LogP contribution in [0.1, 0.15) is 11.7 Å². The lowest BCUT2D eigenvalue weighted by atomic mass is 10.0. The van der Waals surface area contributed by atoms with Crippen LogP contribution in [0.2, 0.25) is 0 Å². The Balaban J connectivity index is 1.72. The lowest BCUT2D eigenvalue weighted by molar-refractivity contribution is -0.645. The van der Waals surface area contributed by atoms with Crippen molar-refractivity contribution >= 4 is 16.9 Å². The molecule has 1 unspecified atom stereocenters. The van der Waals surface area contributed by atoms with E-state index in [-0.39, 0.29) is 19.1 Å². The first-order chi connectivity index (χ1) is 12.1. The number of aromatic nitrogens is 2. The molecule has 0 fully saturated rings. The van der Waals surface area contributed by atoms with Gasteiger partial charge in [0.05, 0.1) is 19.7 Å². The number of hydrogen-bond donors (Lipinski definition) is 3. The van der Waals surface area contributed by atoms with E-state index in [9.17, 15) is 15.0 Å². The van der Waals surface area contributed by atoms with E-state index >= 15 is 0 Å². The van der Waals surface area contributed by atoms with E-state index < -0.39 is 12.1 Å². The van der Waals surface area contributed by atoms with Gasteiger partial charge < -0.3 is 15.5 Å². The van der Waals surface area contributed by atoms with Gasteiger partial charge >= 0.3 is 0 Å². The third-order valence-electron chi connectivity index (χ3n) is 4.26. The summed E-state index contributed by atoms with van der Waals surface area (Å²) in [7, 11) is 1.92. The zero-order valence-electron chi connectivity index (χ0n) is 14.0. The highest BCUT2D eigenvalue weighted by Crippen LogP contribution is 2.16. The fraction of sp³-hybridized carbons (Fsp3) is 0.263. The molecule has 1 aromatic heterocycles. The van der Waals surface area contributed by atoms with Gasteiger partial charge in [0.1, 0.15) is 6.10 Å². The molecule has 0 aliphatic heterocycles. The van der Waals surface area contributed by atoms with Crippen molar-refractivity contribution < 1.29 is 19.6 Å². The number of aliphatic hydroxyl groups excluding tert-OH is 2. The van der Waals surface area contributed by atoms with Gasteiger partial charge in [0.2, 0.25) is 6.33 Å². The third-order valence-corrected chi connectivity index (χ3v) is 4.26. The highest BCUT2D eigenvalue weighted by atomic mass is 16.3. The molecule has 6 nitrogen and oxygen atoms in total. The lowest BCUT2D eigenvalue weighted by Crippen LogP contribution is -2.43. The molecule has 2 aromatic carbocycles. The number of aryl methyl sites for hydroxylation is 1. The number of fused-ring (bicyclic) bond motifs is 1. The normalized spacial score (nSPS) is 13.6. The van der Waals surface area contributed by atoms with Crippen molar-refractivity contribution in [3.8, 4) is 0 Å². The van der Waals surface area contributed by atoms with E-state index in [1.54, 1.807) is 24.3 Å². The van der Waals surface area contributed by atoms with Gasteiger partial charge in [0, 0.05) is 0 Å². The fourth-order valence-electron chi connectivity index (χ4n) is 2.98. The Kier molecular flexibility index (Phi) is 5.11. The topological polar surface area (TPSA) is 78.4 Å². The number of amides is 1. The van der Waals surface area contributed by atoms with Crippen LogP contribution in [0, 0.1) is 0 Å². The maximum absolute atomic E-state index is 12.4. The Morgan fingerprint density at radius 3 is 2.56 bits per heavy atom. The number of carbonyl (C=O) groups excluding carboxylic acids is 1. The number of nitrogens with zero attached hydrogens (tertiary/aromatic N) is 2. The van der Waals surface area contributed by atoms with Crippen molar-refractivity contribution in [2.75, 3.05) is 6.61 Å². The van der Waals surface area contributed by atoms with Gasteiger partial charge in [0.25, 0.3) is 5.91 Å². The summed E-state index contributed by atoms with van der Waals surface area (Å²) in [4.78, 5) is 12.4. The van der Waals surface area contributed by atoms with Gasteiger partial charge in [-0.3, -0.25) is 4.79 Å². The second-order valence-corrected chi connectivity index (χ2v) is 6.06. The molecule has 1 heterocycles. The average molecular weight is 340 g/mol. The van der Waals surface area contributed by atoms with Gasteiger partial charge in [-0.15, -0.1) is 0 Å². The molecule has 3 aromatic rings. The van der Waals surface area contributed by atoms with E-state index in [0.717, 1.165) is 11.0 Å². The monoisotopic (exact) mass is 340 g/mol. The van der Waals surface area contributed by atoms with E-state index in [2.05, 4.69) is 5.32 Å². The van der Waals surface area contributed by atoms with Crippen LogP contribution < -0.4 is 9.88 Å². The Morgan fingerprint density at radius 1 is 1.16 bits per heavy atom. The van der Waals surface area contributed by atoms with E-state index in [1.807, 2.05) is 52.8 Å². The number of hydrogen-bond acceptors (Lipinski definition) is 3. The van der Waals surface area contributed by atoms with Crippen LogP contribution in [-0.2, 0) is 18.4 Å². The number of carbonyl (C=O) groups is 1. The summed E-state index contributed by atoms with van der Waals surface area (Å²) in [5, 5.41) is 22.7. The van der Waals surface area contributed by atoms with Crippen molar-refractivity contribution in [3.05, 3.63) is 66.5 Å². The molecule has 130 valence electrons. The summed E-state index contributed by atoms with van der Waals surface area (Å²) >= 11 is 0. The average Bonchev–Trinajstić information content (AvgIpc) is 2.96. The Morgan fingerprint density at radius 2 is 1.84 bits per heavy atom. The second kappa shape index (κ2) is 7.46. The molecule has 0 aliphatic carbocycles. The molecule has 0 saturated heterocycles. The number of rotatable bonds is 6. The fourth-order valence-corrected chi connectivity index (χ4v) is 2.98. The molecule has 1 amide bonds. The zero-order chi connectivity index (χ0) is 17.8. The molecule has 2 atom stereocenters. The van der Waals surface area contributed by atoms with Gasteiger partial charge in [-0.2, -0.15) is 0 Å². The van der Waals surface area contributed by atoms with E-state index in [0.29, 0.717) is 5.56 Å². The minimum absolute atomic E-state index is 0.110. The van der Waals surface area contributed by atoms with Crippen LogP contribution in [0.4, 0.5) is 0 Å². The zero-order valence-corrected chi connectivity index (χ0v) is 14.0. The predicted octanol–water partition coefficient (Wildman–Crippen LogP) is 0.677. The van der Waals surface area contributed by atoms with Gasteiger partial charge in [-0.05, 0) is 17.7 Å². The summed E-state index contributed by atoms with van der Waals surface area (Å²) in [6, 6.07) is 16.0.